The second-order valence-corrected chi connectivity index (χ2v) is 16.8. The van der Waals surface area contributed by atoms with Crippen molar-refractivity contribution in [2.45, 2.75) is 111 Å². The van der Waals surface area contributed by atoms with Crippen LogP contribution < -0.4 is 11.5 Å². The number of aliphatic hydroxyl groups is 4. The van der Waals surface area contributed by atoms with E-state index >= 15 is 0 Å². The Hall–Kier alpha value is -5.15. The van der Waals surface area contributed by atoms with Gasteiger partial charge in [-0.1, -0.05) is 0 Å². The largest absolute Gasteiger partial charge is 0.508 e. The normalized spacial score (nSPS) is 40.0. The highest BCUT2D eigenvalue weighted by atomic mass is 16.7. The van der Waals surface area contributed by atoms with E-state index < -0.39 is 66.2 Å². The fourth-order valence-corrected chi connectivity index (χ4v) is 10.6. The van der Waals surface area contributed by atoms with Gasteiger partial charge in [0.05, 0.1) is 23.6 Å². The third kappa shape index (κ3) is 4.66. The van der Waals surface area contributed by atoms with Gasteiger partial charge in [-0.3, -0.25) is 0 Å². The molecule has 4 aromatic heterocycles. The molecule has 2 unspecified atom stereocenters. The van der Waals surface area contributed by atoms with Gasteiger partial charge in [0.25, 0.3) is 0 Å². The number of nitrogen functional groups attached to an aromatic ring is 2. The standard InChI is InChI=1S/C37H40N10O9/c38-13-36(23-3-1-19-31(40)42-15-44-46(19)23)29(50)27(48)21(55-36)5-25(34-7-17(8-34)9-34)53-33(52)54-26(35-10-18(11-35)12-35)6-22-28(49)30(51)37(14-39,56-22)24-4-2-20-32(41)43-16-45-47(20)24/h1-4,15-18,21-22,25-30,48-51H,5-12H2,(H2,40,42,44)(H2,41,43,45)/t17?,18?,21-,22-,25?,26?,27-,28-,29-,30-,34?,35?,36+,37+/m1/s1. The van der Waals surface area contributed by atoms with E-state index in [1.807, 2.05) is 0 Å². The van der Waals surface area contributed by atoms with Crippen LogP contribution in [0.2, 0.25) is 0 Å². The molecule has 4 aromatic rings. The number of hydrogen-bond acceptors (Lipinski definition) is 17. The summed E-state index contributed by atoms with van der Waals surface area (Å²) in [6.07, 6.45) is -3.95. The number of aliphatic hydroxyl groups excluding tert-OH is 4. The number of anilines is 2. The Morgan fingerprint density at radius 3 is 1.48 bits per heavy atom. The molecule has 19 nitrogen and oxygen atoms in total. The van der Waals surface area contributed by atoms with Crippen LogP contribution in [-0.2, 0) is 30.1 Å². The summed E-state index contributed by atoms with van der Waals surface area (Å²) in [4.78, 5) is 21.8. The number of nitrogens with two attached hydrogens (primary N) is 2. The highest BCUT2D eigenvalue weighted by Crippen LogP contribution is 2.69. The van der Waals surface area contributed by atoms with Gasteiger partial charge in [0.2, 0.25) is 11.2 Å². The van der Waals surface area contributed by atoms with Crippen molar-refractivity contribution in [2.75, 3.05) is 11.5 Å². The molecule has 8 aliphatic rings. The number of nitrogens with zero attached hydrogens (tertiary/aromatic N) is 8. The number of fused-ring (bicyclic) bond motifs is 2. The zero-order chi connectivity index (χ0) is 38.9. The Kier molecular flexibility index (Phi) is 7.52. The minimum absolute atomic E-state index is 0.0253. The maximum absolute atomic E-state index is 13.9. The molecule has 6 heterocycles. The summed E-state index contributed by atoms with van der Waals surface area (Å²) in [7, 11) is 0. The molecule has 0 spiro atoms. The van der Waals surface area contributed by atoms with Gasteiger partial charge in [0.15, 0.2) is 11.6 Å². The van der Waals surface area contributed by atoms with Gasteiger partial charge in [-0.2, -0.15) is 20.7 Å². The predicted octanol–water partition coefficient (Wildman–Crippen LogP) is 0.586. The maximum atomic E-state index is 13.9. The zero-order valence-corrected chi connectivity index (χ0v) is 30.0. The van der Waals surface area contributed by atoms with E-state index in [2.05, 4.69) is 32.3 Å². The number of carbonyl (C=O) groups is 1. The van der Waals surface area contributed by atoms with Gasteiger partial charge >= 0.3 is 6.16 Å². The number of carbonyl (C=O) groups excluding carboxylic acids is 1. The molecule has 0 radical (unpaired) electrons. The fourth-order valence-electron chi connectivity index (χ4n) is 10.6. The van der Waals surface area contributed by atoms with Crippen molar-refractivity contribution in [1.82, 2.24) is 29.2 Å². The van der Waals surface area contributed by atoms with Crippen molar-refractivity contribution in [3.8, 4) is 12.1 Å². The van der Waals surface area contributed by atoms with Gasteiger partial charge in [-0.25, -0.2) is 23.8 Å². The van der Waals surface area contributed by atoms with Gasteiger partial charge in [-0.05, 0) is 74.6 Å². The minimum Gasteiger partial charge on any atom is -0.430 e. The Balaban J connectivity index is 0.884. The lowest BCUT2D eigenvalue weighted by atomic mass is 9.42. The number of hydrogen-bond donors (Lipinski definition) is 6. The summed E-state index contributed by atoms with van der Waals surface area (Å²) in [5.41, 5.74) is 8.32. The summed E-state index contributed by atoms with van der Waals surface area (Å²) >= 11 is 0. The van der Waals surface area contributed by atoms with Crippen LogP contribution in [0.15, 0.2) is 36.9 Å². The van der Waals surface area contributed by atoms with Crippen molar-refractivity contribution in [2.24, 2.45) is 22.7 Å². The molecule has 4 bridgehead atoms. The topological polar surface area (TPSA) is 295 Å². The van der Waals surface area contributed by atoms with E-state index in [0.717, 1.165) is 38.5 Å². The van der Waals surface area contributed by atoms with Crippen LogP contribution in [0.5, 0.6) is 0 Å². The first-order valence-corrected chi connectivity index (χ1v) is 18.8. The molecule has 8 fully saturated rings. The van der Waals surface area contributed by atoms with Gasteiger partial charge in [0.1, 0.15) is 72.5 Å². The fraction of sp³-hybridized carbons (Fsp3) is 0.595. The van der Waals surface area contributed by atoms with Crippen LogP contribution in [-0.4, -0.2) is 105 Å². The van der Waals surface area contributed by atoms with Crippen molar-refractivity contribution >= 4 is 28.8 Å². The first-order chi connectivity index (χ1) is 26.9. The van der Waals surface area contributed by atoms with E-state index in [9.17, 15) is 35.7 Å². The summed E-state index contributed by atoms with van der Waals surface area (Å²) in [5.74, 6) is 1.30. The van der Waals surface area contributed by atoms with Crippen molar-refractivity contribution in [3.63, 3.8) is 0 Å². The van der Waals surface area contributed by atoms with Crippen LogP contribution in [0.3, 0.4) is 0 Å². The van der Waals surface area contributed by atoms with Gasteiger partial charge in [-0.15, -0.1) is 0 Å². The van der Waals surface area contributed by atoms with E-state index in [1.54, 1.807) is 12.1 Å². The number of aromatic nitrogens is 6. The summed E-state index contributed by atoms with van der Waals surface area (Å²) in [6, 6.07) is 10.4. The van der Waals surface area contributed by atoms with E-state index in [4.69, 9.17) is 30.4 Å². The lowest BCUT2D eigenvalue weighted by molar-refractivity contribution is -0.223. The van der Waals surface area contributed by atoms with Crippen molar-refractivity contribution in [1.29, 1.82) is 10.5 Å². The molecule has 6 aliphatic carbocycles. The van der Waals surface area contributed by atoms with Crippen LogP contribution in [0.1, 0.15) is 62.8 Å². The summed E-state index contributed by atoms with van der Waals surface area (Å²) in [6.45, 7) is 0. The maximum Gasteiger partial charge on any atom is 0.508 e. The highest BCUT2D eigenvalue weighted by molar-refractivity contribution is 5.67. The van der Waals surface area contributed by atoms with Crippen molar-refractivity contribution < 1.29 is 44.2 Å². The zero-order valence-electron chi connectivity index (χ0n) is 30.0. The molecule has 19 heteroatoms. The average Bonchev–Trinajstić information content (AvgIpc) is 3.84. The molecule has 8 N–H and O–H groups in total. The molecular weight excluding hydrogens is 728 g/mol. The molecule has 0 aromatic carbocycles. The second-order valence-electron chi connectivity index (χ2n) is 16.8. The van der Waals surface area contributed by atoms with Crippen LogP contribution in [0.25, 0.3) is 11.0 Å². The molecule has 56 heavy (non-hydrogen) atoms. The Bertz CT molecular complexity index is 2160. The smallest absolute Gasteiger partial charge is 0.430 e. The monoisotopic (exact) mass is 768 g/mol. The molecular formula is C37H40N10O9. The first kappa shape index (κ1) is 35.3. The molecule has 2 aliphatic heterocycles. The van der Waals surface area contributed by atoms with E-state index in [1.165, 1.54) is 33.8 Å². The second kappa shape index (κ2) is 11.9. The SMILES string of the molecule is N#C[C@@]1(c2ccc3c(N)ncnn23)O[C@H](CC(OC(=O)OC(C[C@H]2O[C@@](C#N)(c3ccc4c(N)ncnn34)[C@H](O)[C@@H]2O)C23CC(C2)C3)C23CC(C2)C3)[C@@H](O)[C@H]1O. The lowest BCUT2D eigenvalue weighted by Gasteiger charge is -2.65. The molecule has 0 amide bonds. The Morgan fingerprint density at radius 1 is 0.750 bits per heavy atom. The Labute approximate surface area is 318 Å². The van der Waals surface area contributed by atoms with E-state index in [-0.39, 0.29) is 46.7 Å². The first-order valence-electron chi connectivity index (χ1n) is 18.8. The lowest BCUT2D eigenvalue weighted by Crippen LogP contribution is -2.62. The number of ether oxygens (including phenoxy) is 4. The average molecular weight is 769 g/mol. The molecule has 10 atom stereocenters. The quantitative estimate of drug-likeness (QED) is 0.120. The van der Waals surface area contributed by atoms with Crippen molar-refractivity contribution in [3.05, 3.63) is 48.3 Å². The summed E-state index contributed by atoms with van der Waals surface area (Å²) < 4.78 is 27.5. The summed E-state index contributed by atoms with van der Waals surface area (Å²) in [5, 5.41) is 74.7. The van der Waals surface area contributed by atoms with Crippen LogP contribution >= 0.6 is 0 Å². The highest BCUT2D eigenvalue weighted by Gasteiger charge is 2.67. The van der Waals surface area contributed by atoms with E-state index in [0.29, 0.717) is 22.9 Å². The van der Waals surface area contributed by atoms with Gasteiger partial charge in [0, 0.05) is 23.7 Å². The molecule has 292 valence electrons. The van der Waals surface area contributed by atoms with Crippen LogP contribution in [0.4, 0.5) is 16.4 Å². The predicted molar refractivity (Wildman–Crippen MR) is 187 cm³/mol. The molecule has 6 saturated carbocycles. The molecule has 2 saturated heterocycles. The minimum atomic E-state index is -2.02. The van der Waals surface area contributed by atoms with Crippen LogP contribution in [0, 0.1) is 45.3 Å². The van der Waals surface area contributed by atoms with Gasteiger partial charge < -0.3 is 50.8 Å². The number of rotatable bonds is 10. The molecule has 12 rings (SSSR count). The third-order valence-corrected chi connectivity index (χ3v) is 13.9. The third-order valence-electron chi connectivity index (χ3n) is 13.9. The Morgan fingerprint density at radius 2 is 1.14 bits per heavy atom. The number of nitriles is 2.